The summed E-state index contributed by atoms with van der Waals surface area (Å²) in [7, 11) is 3.22. The van der Waals surface area contributed by atoms with Crippen LogP contribution in [0.4, 0.5) is 4.79 Å². The second kappa shape index (κ2) is 10.5. The average molecular weight is 445 g/mol. The van der Waals surface area contributed by atoms with E-state index in [1.54, 1.807) is 14.2 Å². The molecule has 0 unspecified atom stereocenters. The van der Waals surface area contributed by atoms with E-state index in [0.29, 0.717) is 30.9 Å². The molecule has 0 bridgehead atoms. The molecule has 4 rings (SSSR count). The van der Waals surface area contributed by atoms with Crippen LogP contribution in [-0.4, -0.2) is 36.8 Å². The fraction of sp³-hybridized carbons (Fsp3) is 0.231. The highest BCUT2D eigenvalue weighted by atomic mass is 16.5. The number of carbonyl (C=O) groups is 1. The van der Waals surface area contributed by atoms with Crippen LogP contribution in [0.2, 0.25) is 0 Å². The van der Waals surface area contributed by atoms with Crippen molar-refractivity contribution in [3.63, 3.8) is 0 Å². The molecule has 1 aromatic heterocycles. The van der Waals surface area contributed by atoms with Crippen LogP contribution in [-0.2, 0) is 12.8 Å². The number of imidazole rings is 1. The summed E-state index contributed by atoms with van der Waals surface area (Å²) in [6.45, 7) is 0.486. The lowest BCUT2D eigenvalue weighted by atomic mass is 10.1. The number of aromatic nitrogens is 2. The Kier molecular flexibility index (Phi) is 7.09. The van der Waals surface area contributed by atoms with Gasteiger partial charge < -0.3 is 25.1 Å². The average Bonchev–Trinajstić information content (AvgIpc) is 3.28. The molecule has 3 aromatic carbocycles. The Balaban J connectivity index is 1.41. The molecule has 170 valence electrons. The second-order valence-electron chi connectivity index (χ2n) is 7.72. The van der Waals surface area contributed by atoms with E-state index in [-0.39, 0.29) is 12.1 Å². The Bertz CT molecular complexity index is 1170. The lowest BCUT2D eigenvalue weighted by molar-refractivity contribution is 0.236. The predicted octanol–water partition coefficient (Wildman–Crippen LogP) is 4.41. The Labute approximate surface area is 193 Å². The van der Waals surface area contributed by atoms with Gasteiger partial charge in [-0.05, 0) is 48.2 Å². The minimum Gasteiger partial charge on any atom is -0.493 e. The van der Waals surface area contributed by atoms with Gasteiger partial charge in [0.1, 0.15) is 5.82 Å². The molecule has 0 aliphatic carbocycles. The number of urea groups is 1. The maximum atomic E-state index is 12.7. The smallest absolute Gasteiger partial charge is 0.315 e. The first-order valence-corrected chi connectivity index (χ1v) is 10.9. The quantitative estimate of drug-likeness (QED) is 0.357. The lowest BCUT2D eigenvalue weighted by Gasteiger charge is -2.18. The van der Waals surface area contributed by atoms with Crippen molar-refractivity contribution in [2.75, 3.05) is 20.8 Å². The molecule has 0 saturated carbocycles. The van der Waals surface area contributed by atoms with E-state index in [9.17, 15) is 4.79 Å². The van der Waals surface area contributed by atoms with Gasteiger partial charge in [-0.25, -0.2) is 9.78 Å². The standard InChI is InChI=1S/C26H28N4O3/c1-32-23-13-12-19(17-24(23)33-2)14-15-27-26(31)30-22(16-18-8-4-3-5-9-18)25-28-20-10-6-7-11-21(20)29-25/h3-13,17,22H,14-16H2,1-2H3,(H,28,29)(H2,27,30,31)/t22-/m1/s1. The van der Waals surface area contributed by atoms with Gasteiger partial charge in [-0.15, -0.1) is 0 Å². The molecule has 7 heteroatoms. The first kappa shape index (κ1) is 22.2. The van der Waals surface area contributed by atoms with Crippen molar-refractivity contribution in [2.45, 2.75) is 18.9 Å². The largest absolute Gasteiger partial charge is 0.493 e. The van der Waals surface area contributed by atoms with E-state index in [1.165, 1.54) is 0 Å². The van der Waals surface area contributed by atoms with E-state index in [0.717, 1.165) is 28.0 Å². The van der Waals surface area contributed by atoms with Gasteiger partial charge in [-0.2, -0.15) is 0 Å². The van der Waals surface area contributed by atoms with Crippen LogP contribution in [0.1, 0.15) is 23.0 Å². The monoisotopic (exact) mass is 444 g/mol. The van der Waals surface area contributed by atoms with Gasteiger partial charge in [0.2, 0.25) is 0 Å². The van der Waals surface area contributed by atoms with Gasteiger partial charge in [-0.1, -0.05) is 48.5 Å². The van der Waals surface area contributed by atoms with Crippen molar-refractivity contribution < 1.29 is 14.3 Å². The third-order valence-corrected chi connectivity index (χ3v) is 5.47. The van der Waals surface area contributed by atoms with Gasteiger partial charge in [0.25, 0.3) is 0 Å². The number of aromatic amines is 1. The van der Waals surface area contributed by atoms with Crippen molar-refractivity contribution in [3.05, 3.63) is 89.7 Å². The molecule has 2 amide bonds. The molecule has 1 heterocycles. The maximum Gasteiger partial charge on any atom is 0.315 e. The Morgan fingerprint density at radius 1 is 0.939 bits per heavy atom. The topological polar surface area (TPSA) is 88.3 Å². The number of ether oxygens (including phenoxy) is 2. The number of nitrogens with one attached hydrogen (secondary N) is 3. The van der Waals surface area contributed by atoms with Crippen LogP contribution in [0.3, 0.4) is 0 Å². The third kappa shape index (κ3) is 5.63. The molecule has 0 fully saturated rings. The summed E-state index contributed by atoms with van der Waals surface area (Å²) in [6.07, 6.45) is 1.30. The summed E-state index contributed by atoms with van der Waals surface area (Å²) in [5.41, 5.74) is 3.99. The van der Waals surface area contributed by atoms with Gasteiger partial charge in [0.05, 0.1) is 31.3 Å². The minimum atomic E-state index is -0.291. The number of amides is 2. The number of methoxy groups -OCH3 is 2. The van der Waals surface area contributed by atoms with Crippen LogP contribution in [0.25, 0.3) is 11.0 Å². The lowest BCUT2D eigenvalue weighted by Crippen LogP contribution is -2.40. The summed E-state index contributed by atoms with van der Waals surface area (Å²) in [5, 5.41) is 6.03. The van der Waals surface area contributed by atoms with Gasteiger partial charge in [0.15, 0.2) is 11.5 Å². The summed E-state index contributed by atoms with van der Waals surface area (Å²) < 4.78 is 10.6. The zero-order valence-electron chi connectivity index (χ0n) is 18.8. The van der Waals surface area contributed by atoms with Crippen LogP contribution >= 0.6 is 0 Å². The highest BCUT2D eigenvalue weighted by Crippen LogP contribution is 2.27. The van der Waals surface area contributed by atoms with E-state index in [2.05, 4.69) is 15.6 Å². The van der Waals surface area contributed by atoms with Gasteiger partial charge in [-0.3, -0.25) is 0 Å². The Morgan fingerprint density at radius 2 is 1.70 bits per heavy atom. The normalized spacial score (nSPS) is 11.7. The summed E-state index contributed by atoms with van der Waals surface area (Å²) in [4.78, 5) is 20.8. The second-order valence-corrected chi connectivity index (χ2v) is 7.72. The van der Waals surface area contributed by atoms with Crippen LogP contribution in [0, 0.1) is 0 Å². The highest BCUT2D eigenvalue weighted by molar-refractivity contribution is 5.76. The number of nitrogens with zero attached hydrogens (tertiary/aromatic N) is 1. The SMILES string of the molecule is COc1ccc(CCNC(=O)N[C@H](Cc2ccccc2)c2nc3ccccc3[nH]2)cc1OC. The number of fused-ring (bicyclic) bond motifs is 1. The van der Waals surface area contributed by atoms with Crippen molar-refractivity contribution in [3.8, 4) is 11.5 Å². The number of para-hydroxylation sites is 2. The number of H-pyrrole nitrogens is 1. The van der Waals surface area contributed by atoms with E-state index in [4.69, 9.17) is 14.5 Å². The zero-order valence-corrected chi connectivity index (χ0v) is 18.8. The summed E-state index contributed by atoms with van der Waals surface area (Å²) >= 11 is 0. The molecule has 0 saturated heterocycles. The van der Waals surface area contributed by atoms with E-state index < -0.39 is 0 Å². The van der Waals surface area contributed by atoms with Crippen LogP contribution in [0.15, 0.2) is 72.8 Å². The molecule has 33 heavy (non-hydrogen) atoms. The van der Waals surface area contributed by atoms with Gasteiger partial charge in [0, 0.05) is 6.54 Å². The summed E-state index contributed by atoms with van der Waals surface area (Å²) in [6, 6.07) is 23.1. The molecule has 4 aromatic rings. The molecule has 3 N–H and O–H groups in total. The Morgan fingerprint density at radius 3 is 2.45 bits per heavy atom. The molecule has 1 atom stereocenters. The fourth-order valence-corrected chi connectivity index (χ4v) is 3.77. The minimum absolute atomic E-state index is 0.239. The number of benzene rings is 3. The molecule has 0 radical (unpaired) electrons. The number of hydrogen-bond acceptors (Lipinski definition) is 4. The van der Waals surface area contributed by atoms with E-state index >= 15 is 0 Å². The maximum absolute atomic E-state index is 12.7. The predicted molar refractivity (Wildman–Crippen MR) is 129 cm³/mol. The van der Waals surface area contributed by atoms with Crippen molar-refractivity contribution in [1.82, 2.24) is 20.6 Å². The highest BCUT2D eigenvalue weighted by Gasteiger charge is 2.19. The molecule has 0 aliphatic rings. The van der Waals surface area contributed by atoms with Crippen molar-refractivity contribution in [2.24, 2.45) is 0 Å². The summed E-state index contributed by atoms with van der Waals surface area (Å²) in [5.74, 6) is 2.09. The third-order valence-electron chi connectivity index (χ3n) is 5.47. The zero-order chi connectivity index (χ0) is 23.0. The molecule has 7 nitrogen and oxygen atoms in total. The first-order valence-electron chi connectivity index (χ1n) is 10.9. The number of carbonyl (C=O) groups excluding carboxylic acids is 1. The fourth-order valence-electron chi connectivity index (χ4n) is 3.77. The number of rotatable bonds is 9. The number of hydrogen-bond donors (Lipinski definition) is 3. The van der Waals surface area contributed by atoms with Crippen molar-refractivity contribution >= 4 is 17.1 Å². The molecular weight excluding hydrogens is 416 g/mol. The van der Waals surface area contributed by atoms with Crippen LogP contribution in [0.5, 0.6) is 11.5 Å². The van der Waals surface area contributed by atoms with Crippen molar-refractivity contribution in [1.29, 1.82) is 0 Å². The molecular formula is C26H28N4O3. The van der Waals surface area contributed by atoms with Gasteiger partial charge >= 0.3 is 6.03 Å². The Hall–Kier alpha value is -4.00. The molecule has 0 spiro atoms. The first-order chi connectivity index (χ1) is 16.2. The molecule has 0 aliphatic heterocycles. The van der Waals surface area contributed by atoms with Crippen LogP contribution < -0.4 is 20.1 Å². The van der Waals surface area contributed by atoms with E-state index in [1.807, 2.05) is 72.8 Å².